The number of nitrogens with two attached hydrogens (primary N) is 2. The van der Waals surface area contributed by atoms with E-state index in [1.54, 1.807) is 0 Å². The number of carboxylic acids is 1. The summed E-state index contributed by atoms with van der Waals surface area (Å²) in [6.07, 6.45) is 15.0. The van der Waals surface area contributed by atoms with E-state index in [0.29, 0.717) is 0 Å². The summed E-state index contributed by atoms with van der Waals surface area (Å²) in [4.78, 5) is 10.5. The highest BCUT2D eigenvalue weighted by molar-refractivity contribution is 5.67. The Morgan fingerprint density at radius 1 is 0.826 bits per heavy atom. The summed E-state index contributed by atoms with van der Waals surface area (Å²) in [6, 6.07) is -0.204. The molecule has 1 unspecified atom stereocenters. The zero-order valence-electron chi connectivity index (χ0n) is 14.9. The first-order chi connectivity index (χ1) is 11.2. The minimum atomic E-state index is -0.805. The molecule has 0 spiro atoms. The molecule has 0 aliphatic carbocycles. The van der Waals surface area contributed by atoms with E-state index in [-0.39, 0.29) is 12.5 Å². The van der Waals surface area contributed by atoms with Crippen LogP contribution in [0.1, 0.15) is 83.5 Å². The highest BCUT2D eigenvalue weighted by Gasteiger charge is 2.06. The maximum absolute atomic E-state index is 10.5. The Morgan fingerprint density at radius 2 is 1.30 bits per heavy atom. The van der Waals surface area contributed by atoms with Crippen molar-refractivity contribution < 1.29 is 9.90 Å². The number of hydrogen-bond acceptors (Lipinski definition) is 4. The van der Waals surface area contributed by atoms with Gasteiger partial charge >= 0.3 is 5.97 Å². The van der Waals surface area contributed by atoms with Gasteiger partial charge in [0.1, 0.15) is 0 Å². The van der Waals surface area contributed by atoms with Crippen LogP contribution in [-0.2, 0) is 4.79 Å². The third-order valence-corrected chi connectivity index (χ3v) is 4.17. The summed E-state index contributed by atoms with van der Waals surface area (Å²) in [5.41, 5.74) is 11.2. The van der Waals surface area contributed by atoms with Gasteiger partial charge in [-0.3, -0.25) is 4.79 Å². The summed E-state index contributed by atoms with van der Waals surface area (Å²) in [7, 11) is 0. The van der Waals surface area contributed by atoms with Crippen molar-refractivity contribution in [3.05, 3.63) is 0 Å². The van der Waals surface area contributed by atoms with Crippen LogP contribution in [0, 0.1) is 0 Å². The number of hydrogen-bond donors (Lipinski definition) is 4. The van der Waals surface area contributed by atoms with Gasteiger partial charge in [-0.25, -0.2) is 0 Å². The summed E-state index contributed by atoms with van der Waals surface area (Å²) >= 11 is 0. The average Bonchev–Trinajstić information content (AvgIpc) is 2.50. The van der Waals surface area contributed by atoms with Crippen LogP contribution in [0.25, 0.3) is 0 Å². The van der Waals surface area contributed by atoms with Crippen LogP contribution in [-0.4, -0.2) is 36.8 Å². The Kier molecular flexibility index (Phi) is 17.2. The predicted molar refractivity (Wildman–Crippen MR) is 97.6 cm³/mol. The van der Waals surface area contributed by atoms with Crippen LogP contribution in [0.4, 0.5) is 0 Å². The molecule has 0 aliphatic heterocycles. The lowest BCUT2D eigenvalue weighted by molar-refractivity contribution is -0.137. The average molecular weight is 330 g/mol. The zero-order chi connectivity index (χ0) is 17.2. The molecule has 0 amide bonds. The molecule has 0 bridgehead atoms. The van der Waals surface area contributed by atoms with E-state index in [0.717, 1.165) is 32.5 Å². The van der Waals surface area contributed by atoms with Crippen LogP contribution in [0.5, 0.6) is 0 Å². The third-order valence-electron chi connectivity index (χ3n) is 4.17. The van der Waals surface area contributed by atoms with Crippen molar-refractivity contribution in [3.8, 4) is 0 Å². The quantitative estimate of drug-likeness (QED) is 0.290. The minimum absolute atomic E-state index is 0.0764. The summed E-state index contributed by atoms with van der Waals surface area (Å²) in [5, 5.41) is 12.0. The van der Waals surface area contributed by atoms with E-state index in [1.165, 1.54) is 64.2 Å². The van der Waals surface area contributed by atoms with Crippen LogP contribution in [0.2, 0.25) is 0 Å². The smallest absolute Gasteiger partial charge is 0.304 e. The third kappa shape index (κ3) is 19.3. The lowest BCUT2D eigenvalue weighted by atomic mass is 10.1. The van der Waals surface area contributed by atoms with Gasteiger partial charge in [0.2, 0.25) is 0 Å². The second kappa shape index (κ2) is 17.7. The normalized spacial score (nSPS) is 12.4. The number of carbonyl (C=O) groups is 1. The van der Waals surface area contributed by atoms with Gasteiger partial charge in [-0.1, -0.05) is 51.4 Å². The molecule has 0 aliphatic rings. The Balaban J connectivity index is 3.06. The zero-order valence-corrected chi connectivity index (χ0v) is 14.9. The molecular formula is C18H39N3O2. The fourth-order valence-corrected chi connectivity index (χ4v) is 2.75. The van der Waals surface area contributed by atoms with Crippen LogP contribution in [0.3, 0.4) is 0 Å². The topological polar surface area (TPSA) is 101 Å². The maximum Gasteiger partial charge on any atom is 0.304 e. The first kappa shape index (κ1) is 22.4. The van der Waals surface area contributed by atoms with Crippen molar-refractivity contribution in [1.82, 2.24) is 5.32 Å². The summed E-state index contributed by atoms with van der Waals surface area (Å²) in [5.74, 6) is -0.805. The molecule has 6 N–H and O–H groups in total. The molecule has 23 heavy (non-hydrogen) atoms. The van der Waals surface area contributed by atoms with Crippen molar-refractivity contribution in [2.45, 2.75) is 89.5 Å². The van der Waals surface area contributed by atoms with E-state index in [1.807, 2.05) is 0 Å². The lowest BCUT2D eigenvalue weighted by Crippen LogP contribution is -2.25. The number of carboxylic acid groups (broad SMARTS) is 1. The Morgan fingerprint density at radius 3 is 1.83 bits per heavy atom. The van der Waals surface area contributed by atoms with Gasteiger partial charge < -0.3 is 21.9 Å². The van der Waals surface area contributed by atoms with E-state index in [4.69, 9.17) is 16.6 Å². The molecule has 0 rings (SSSR count). The number of unbranched alkanes of at least 4 members (excludes halogenated alkanes) is 9. The molecule has 5 nitrogen and oxygen atoms in total. The molecule has 0 radical (unpaired) electrons. The first-order valence-corrected chi connectivity index (χ1v) is 9.55. The number of aliphatic carboxylic acids is 1. The molecule has 0 fully saturated rings. The number of rotatable bonds is 18. The van der Waals surface area contributed by atoms with Crippen molar-refractivity contribution >= 4 is 5.97 Å². The summed E-state index contributed by atoms with van der Waals surface area (Å²) in [6.45, 7) is 2.84. The second-order valence-electron chi connectivity index (χ2n) is 6.57. The molecule has 5 heteroatoms. The van der Waals surface area contributed by atoms with Gasteiger partial charge in [0.15, 0.2) is 0 Å². The molecular weight excluding hydrogens is 290 g/mol. The summed E-state index contributed by atoms with van der Waals surface area (Å²) < 4.78 is 0. The minimum Gasteiger partial charge on any atom is -0.481 e. The second-order valence-corrected chi connectivity index (χ2v) is 6.57. The van der Waals surface area contributed by atoms with Gasteiger partial charge in [0, 0.05) is 6.04 Å². The molecule has 0 aromatic carbocycles. The molecule has 0 heterocycles. The van der Waals surface area contributed by atoms with E-state index in [2.05, 4.69) is 5.32 Å². The molecule has 0 saturated heterocycles. The maximum atomic E-state index is 10.5. The standard InChI is InChI=1S/C18H39N3O2/c19-13-9-7-5-3-1-2-4-6-8-10-14-21-15-11-12-17(20)16-18(22)23/h17,21H,1-16,19-20H2,(H,22,23). The Bertz CT molecular complexity index is 263. The van der Waals surface area contributed by atoms with Crippen LogP contribution < -0.4 is 16.8 Å². The largest absolute Gasteiger partial charge is 0.481 e. The van der Waals surface area contributed by atoms with Gasteiger partial charge in [-0.2, -0.15) is 0 Å². The van der Waals surface area contributed by atoms with Gasteiger partial charge in [-0.15, -0.1) is 0 Å². The molecule has 0 aromatic heterocycles. The lowest BCUT2D eigenvalue weighted by Gasteiger charge is -2.09. The van der Waals surface area contributed by atoms with Crippen molar-refractivity contribution in [2.24, 2.45) is 11.5 Å². The molecule has 138 valence electrons. The monoisotopic (exact) mass is 329 g/mol. The molecule has 0 aromatic rings. The fourth-order valence-electron chi connectivity index (χ4n) is 2.75. The highest BCUT2D eigenvalue weighted by atomic mass is 16.4. The van der Waals surface area contributed by atoms with Crippen LogP contribution >= 0.6 is 0 Å². The van der Waals surface area contributed by atoms with Gasteiger partial charge in [-0.05, 0) is 45.3 Å². The van der Waals surface area contributed by atoms with Crippen molar-refractivity contribution in [1.29, 1.82) is 0 Å². The van der Waals surface area contributed by atoms with E-state index < -0.39 is 5.97 Å². The molecule has 1 atom stereocenters. The Hall–Kier alpha value is -0.650. The van der Waals surface area contributed by atoms with Crippen LogP contribution in [0.15, 0.2) is 0 Å². The SMILES string of the molecule is NCCCCCCCCCCCCNCCCC(N)CC(=O)O. The van der Waals surface area contributed by atoms with Crippen molar-refractivity contribution in [2.75, 3.05) is 19.6 Å². The highest BCUT2D eigenvalue weighted by Crippen LogP contribution is 2.10. The first-order valence-electron chi connectivity index (χ1n) is 9.55. The number of nitrogens with one attached hydrogen (secondary N) is 1. The van der Waals surface area contributed by atoms with Gasteiger partial charge in [0.25, 0.3) is 0 Å². The molecule has 0 saturated carbocycles. The predicted octanol–water partition coefficient (Wildman–Crippen LogP) is 3.02. The Labute approximate surface area is 142 Å². The van der Waals surface area contributed by atoms with Gasteiger partial charge in [0.05, 0.1) is 6.42 Å². The fraction of sp³-hybridized carbons (Fsp3) is 0.944. The van der Waals surface area contributed by atoms with E-state index in [9.17, 15) is 4.79 Å². The van der Waals surface area contributed by atoms with Crippen molar-refractivity contribution in [3.63, 3.8) is 0 Å². The van der Waals surface area contributed by atoms with E-state index >= 15 is 0 Å².